The van der Waals surface area contributed by atoms with Gasteiger partial charge in [0.15, 0.2) is 0 Å². The van der Waals surface area contributed by atoms with Crippen LogP contribution in [0.3, 0.4) is 0 Å². The first-order chi connectivity index (χ1) is 7.34. The summed E-state index contributed by atoms with van der Waals surface area (Å²) >= 11 is 0. The number of aromatic nitrogens is 2. The highest BCUT2D eigenvalue weighted by Gasteiger charge is 2.12. The topological polar surface area (TPSA) is 49.8 Å². The van der Waals surface area contributed by atoms with Gasteiger partial charge in [0.25, 0.3) is 0 Å². The van der Waals surface area contributed by atoms with Crippen LogP contribution in [-0.2, 0) is 0 Å². The molecule has 1 saturated heterocycles. The van der Waals surface area contributed by atoms with Crippen LogP contribution in [0.2, 0.25) is 0 Å². The van der Waals surface area contributed by atoms with Crippen molar-refractivity contribution in [1.82, 2.24) is 15.5 Å². The molecule has 15 heavy (non-hydrogen) atoms. The van der Waals surface area contributed by atoms with E-state index in [0.717, 1.165) is 30.5 Å². The molecular weight excluding hydrogens is 188 g/mol. The van der Waals surface area contributed by atoms with Crippen LogP contribution in [0.4, 0.5) is 5.82 Å². The van der Waals surface area contributed by atoms with Gasteiger partial charge in [-0.25, -0.2) is 0 Å². The molecule has 82 valence electrons. The zero-order chi connectivity index (χ0) is 10.5. The van der Waals surface area contributed by atoms with Gasteiger partial charge in [0.2, 0.25) is 0 Å². The lowest BCUT2D eigenvalue weighted by molar-refractivity contribution is 0.392. The molecule has 0 aromatic carbocycles. The standard InChI is InChI=1S/C11H18N4/c1-9-4-5-11(15-14-9)13-8-10-3-2-6-12-7-10/h4-5,10,12H,2-3,6-8H2,1H3,(H,13,15)/t10-/m1/s1. The van der Waals surface area contributed by atoms with E-state index in [4.69, 9.17) is 0 Å². The molecule has 2 N–H and O–H groups in total. The van der Waals surface area contributed by atoms with E-state index in [9.17, 15) is 0 Å². The van der Waals surface area contributed by atoms with Crippen molar-refractivity contribution in [3.63, 3.8) is 0 Å². The van der Waals surface area contributed by atoms with Gasteiger partial charge >= 0.3 is 0 Å². The van der Waals surface area contributed by atoms with Crippen LogP contribution in [0.25, 0.3) is 0 Å². The first-order valence-corrected chi connectivity index (χ1v) is 5.59. The van der Waals surface area contributed by atoms with E-state index >= 15 is 0 Å². The van der Waals surface area contributed by atoms with Crippen LogP contribution >= 0.6 is 0 Å². The molecule has 0 unspecified atom stereocenters. The molecule has 0 radical (unpaired) electrons. The van der Waals surface area contributed by atoms with Crippen LogP contribution in [0, 0.1) is 12.8 Å². The SMILES string of the molecule is Cc1ccc(NC[C@@H]2CCCNC2)nn1. The Morgan fingerprint density at radius 3 is 3.07 bits per heavy atom. The molecule has 0 amide bonds. The average molecular weight is 206 g/mol. The Hall–Kier alpha value is -1.16. The van der Waals surface area contributed by atoms with Crippen molar-refractivity contribution in [2.24, 2.45) is 5.92 Å². The van der Waals surface area contributed by atoms with E-state index in [2.05, 4.69) is 20.8 Å². The van der Waals surface area contributed by atoms with Gasteiger partial charge in [-0.3, -0.25) is 0 Å². The second-order valence-electron chi connectivity index (χ2n) is 4.15. The molecule has 1 aromatic rings. The van der Waals surface area contributed by atoms with Crippen LogP contribution in [0.1, 0.15) is 18.5 Å². The minimum Gasteiger partial charge on any atom is -0.368 e. The lowest BCUT2D eigenvalue weighted by Crippen LogP contribution is -2.33. The zero-order valence-corrected chi connectivity index (χ0v) is 9.16. The predicted molar refractivity (Wildman–Crippen MR) is 60.9 cm³/mol. The highest BCUT2D eigenvalue weighted by Crippen LogP contribution is 2.10. The Morgan fingerprint density at radius 2 is 2.40 bits per heavy atom. The van der Waals surface area contributed by atoms with Crippen molar-refractivity contribution >= 4 is 5.82 Å². The summed E-state index contributed by atoms with van der Waals surface area (Å²) in [4.78, 5) is 0. The molecule has 1 aromatic heterocycles. The minimum atomic E-state index is 0.724. The number of hydrogen-bond donors (Lipinski definition) is 2. The van der Waals surface area contributed by atoms with E-state index < -0.39 is 0 Å². The summed E-state index contributed by atoms with van der Waals surface area (Å²) in [5, 5.41) is 14.8. The highest BCUT2D eigenvalue weighted by atomic mass is 15.2. The largest absolute Gasteiger partial charge is 0.368 e. The van der Waals surface area contributed by atoms with Gasteiger partial charge in [-0.15, -0.1) is 5.10 Å². The van der Waals surface area contributed by atoms with Crippen LogP contribution < -0.4 is 10.6 Å². The third-order valence-corrected chi connectivity index (χ3v) is 2.77. The molecule has 0 aliphatic carbocycles. The maximum Gasteiger partial charge on any atom is 0.148 e. The molecule has 4 heteroatoms. The Labute approximate surface area is 90.5 Å². The van der Waals surface area contributed by atoms with E-state index in [1.165, 1.54) is 19.4 Å². The number of anilines is 1. The normalized spacial score (nSPS) is 21.3. The quantitative estimate of drug-likeness (QED) is 0.780. The lowest BCUT2D eigenvalue weighted by Gasteiger charge is -2.22. The maximum atomic E-state index is 4.08. The molecule has 1 atom stereocenters. The average Bonchev–Trinajstić information content (AvgIpc) is 2.30. The van der Waals surface area contributed by atoms with E-state index in [0.29, 0.717) is 0 Å². The third kappa shape index (κ3) is 3.16. The Kier molecular flexibility index (Phi) is 3.50. The Balaban J connectivity index is 1.79. The monoisotopic (exact) mass is 206 g/mol. The number of rotatable bonds is 3. The van der Waals surface area contributed by atoms with Gasteiger partial charge in [0.1, 0.15) is 5.82 Å². The Morgan fingerprint density at radius 1 is 1.47 bits per heavy atom. The van der Waals surface area contributed by atoms with Crippen molar-refractivity contribution in [1.29, 1.82) is 0 Å². The van der Waals surface area contributed by atoms with Gasteiger partial charge in [0, 0.05) is 6.54 Å². The smallest absolute Gasteiger partial charge is 0.148 e. The van der Waals surface area contributed by atoms with Crippen molar-refractivity contribution in [3.05, 3.63) is 17.8 Å². The molecule has 0 spiro atoms. The molecule has 2 heterocycles. The summed E-state index contributed by atoms with van der Waals surface area (Å²) in [5.41, 5.74) is 0.958. The molecule has 4 nitrogen and oxygen atoms in total. The number of nitrogens with zero attached hydrogens (tertiary/aromatic N) is 2. The summed E-state index contributed by atoms with van der Waals surface area (Å²) in [5.74, 6) is 1.60. The van der Waals surface area contributed by atoms with Gasteiger partial charge in [-0.05, 0) is 50.9 Å². The first-order valence-electron chi connectivity index (χ1n) is 5.59. The minimum absolute atomic E-state index is 0.724. The maximum absolute atomic E-state index is 4.08. The fraction of sp³-hybridized carbons (Fsp3) is 0.636. The van der Waals surface area contributed by atoms with Crippen molar-refractivity contribution in [2.45, 2.75) is 19.8 Å². The van der Waals surface area contributed by atoms with E-state index in [1.54, 1.807) is 0 Å². The summed E-state index contributed by atoms with van der Waals surface area (Å²) in [7, 11) is 0. The summed E-state index contributed by atoms with van der Waals surface area (Å²) < 4.78 is 0. The molecular formula is C11H18N4. The number of aryl methyl sites for hydroxylation is 1. The molecule has 1 aliphatic rings. The van der Waals surface area contributed by atoms with Gasteiger partial charge in [-0.2, -0.15) is 5.10 Å². The molecule has 1 aliphatic heterocycles. The summed E-state index contributed by atoms with van der Waals surface area (Å²) in [6.45, 7) is 5.22. The second-order valence-corrected chi connectivity index (χ2v) is 4.15. The summed E-state index contributed by atoms with van der Waals surface area (Å²) in [6.07, 6.45) is 2.59. The number of nitrogens with one attached hydrogen (secondary N) is 2. The lowest BCUT2D eigenvalue weighted by atomic mass is 10.00. The van der Waals surface area contributed by atoms with Gasteiger partial charge < -0.3 is 10.6 Å². The van der Waals surface area contributed by atoms with Crippen LogP contribution in [0.5, 0.6) is 0 Å². The highest BCUT2D eigenvalue weighted by molar-refractivity contribution is 5.32. The predicted octanol–water partition coefficient (Wildman–Crippen LogP) is 1.20. The number of hydrogen-bond acceptors (Lipinski definition) is 4. The van der Waals surface area contributed by atoms with Crippen LogP contribution in [-0.4, -0.2) is 29.8 Å². The van der Waals surface area contributed by atoms with Gasteiger partial charge in [-0.1, -0.05) is 0 Å². The fourth-order valence-corrected chi connectivity index (χ4v) is 1.84. The zero-order valence-electron chi connectivity index (χ0n) is 9.16. The Bertz CT molecular complexity index is 290. The van der Waals surface area contributed by atoms with Crippen molar-refractivity contribution < 1.29 is 0 Å². The summed E-state index contributed by atoms with van der Waals surface area (Å²) in [6, 6.07) is 3.97. The third-order valence-electron chi connectivity index (χ3n) is 2.77. The molecule has 0 bridgehead atoms. The second kappa shape index (κ2) is 5.07. The molecule has 2 rings (SSSR count). The van der Waals surface area contributed by atoms with Gasteiger partial charge in [0.05, 0.1) is 5.69 Å². The van der Waals surface area contributed by atoms with E-state index in [1.807, 2.05) is 19.1 Å². The van der Waals surface area contributed by atoms with E-state index in [-0.39, 0.29) is 0 Å². The van der Waals surface area contributed by atoms with Crippen molar-refractivity contribution in [3.8, 4) is 0 Å². The number of piperidine rings is 1. The molecule has 1 fully saturated rings. The fourth-order valence-electron chi connectivity index (χ4n) is 1.84. The first kappa shape index (κ1) is 10.4. The van der Waals surface area contributed by atoms with Crippen LogP contribution in [0.15, 0.2) is 12.1 Å². The van der Waals surface area contributed by atoms with Crippen molar-refractivity contribution in [2.75, 3.05) is 25.0 Å². The molecule has 0 saturated carbocycles.